The number of rotatable bonds is 1. The van der Waals surface area contributed by atoms with Gasteiger partial charge in [-0.05, 0) is 23.7 Å². The highest BCUT2D eigenvalue weighted by molar-refractivity contribution is 5.95. The molecule has 0 radical (unpaired) electrons. The average Bonchev–Trinajstić information content (AvgIpc) is 2.34. The number of anilines is 1. The minimum absolute atomic E-state index is 0.0366. The molecular formula is C11H8N4O2. The van der Waals surface area contributed by atoms with Gasteiger partial charge in [-0.1, -0.05) is 17.0 Å². The minimum atomic E-state index is -0.184. The van der Waals surface area contributed by atoms with Crippen LogP contribution in [0.2, 0.25) is 0 Å². The fourth-order valence-corrected chi connectivity index (χ4v) is 1.37. The molecule has 2 rings (SSSR count). The van der Waals surface area contributed by atoms with E-state index in [0.717, 1.165) is 5.56 Å². The number of nitrogens with zero attached hydrogens (tertiary/aromatic N) is 3. The molecule has 1 aliphatic heterocycles. The summed E-state index contributed by atoms with van der Waals surface area (Å²) in [5.74, 6) is 5.97. The summed E-state index contributed by atoms with van der Waals surface area (Å²) in [7, 11) is 0. The van der Waals surface area contributed by atoms with Crippen LogP contribution in [0.1, 0.15) is 5.56 Å². The first-order chi connectivity index (χ1) is 8.29. The lowest BCUT2D eigenvalue weighted by Gasteiger charge is -2.17. The molecule has 0 saturated heterocycles. The first kappa shape index (κ1) is 10.9. The van der Waals surface area contributed by atoms with Gasteiger partial charge in [-0.2, -0.15) is 0 Å². The highest BCUT2D eigenvalue weighted by Crippen LogP contribution is 2.27. The Kier molecular flexibility index (Phi) is 3.15. The molecule has 0 unspecified atom stereocenters. The van der Waals surface area contributed by atoms with E-state index in [0.29, 0.717) is 11.4 Å². The third kappa shape index (κ3) is 2.68. The van der Waals surface area contributed by atoms with Crippen LogP contribution in [-0.4, -0.2) is 19.1 Å². The van der Waals surface area contributed by atoms with Gasteiger partial charge >= 0.3 is 0 Å². The van der Waals surface area contributed by atoms with Gasteiger partial charge in [-0.25, -0.2) is 0 Å². The van der Waals surface area contributed by atoms with Crippen molar-refractivity contribution in [2.45, 2.75) is 0 Å². The standard InChI is InChI=1S/C11H8N4O2/c12-15-13-5-1-2-8-3-4-10-9(6-8)14-11(16)7-17-10/h3-4,6H,5,7H2,(H,14,16). The summed E-state index contributed by atoms with van der Waals surface area (Å²) in [4.78, 5) is 13.7. The number of amides is 1. The Bertz CT molecular complexity index is 565. The largest absolute Gasteiger partial charge is 0.482 e. The molecule has 0 bridgehead atoms. The molecule has 0 aliphatic carbocycles. The van der Waals surface area contributed by atoms with E-state index in [9.17, 15) is 4.79 Å². The van der Waals surface area contributed by atoms with Gasteiger partial charge in [0.25, 0.3) is 5.91 Å². The molecule has 1 aromatic rings. The summed E-state index contributed by atoms with van der Waals surface area (Å²) in [5, 5.41) is 5.99. The maximum absolute atomic E-state index is 11.1. The predicted molar refractivity (Wildman–Crippen MR) is 61.5 cm³/mol. The SMILES string of the molecule is [N-]=[N+]=NCC#Cc1ccc2c(c1)NC(=O)CO2. The van der Waals surface area contributed by atoms with Crippen LogP contribution in [0.4, 0.5) is 5.69 Å². The number of nitrogens with one attached hydrogen (secondary N) is 1. The monoisotopic (exact) mass is 228 g/mol. The molecule has 1 aromatic carbocycles. The normalized spacial score (nSPS) is 12.1. The molecule has 6 heteroatoms. The molecule has 84 valence electrons. The third-order valence-electron chi connectivity index (χ3n) is 2.06. The van der Waals surface area contributed by atoms with Crippen LogP contribution in [0.5, 0.6) is 5.75 Å². The van der Waals surface area contributed by atoms with Gasteiger partial charge in [0.2, 0.25) is 0 Å². The fourth-order valence-electron chi connectivity index (χ4n) is 1.37. The van der Waals surface area contributed by atoms with Gasteiger partial charge in [-0.15, -0.1) is 0 Å². The zero-order chi connectivity index (χ0) is 12.1. The van der Waals surface area contributed by atoms with E-state index in [2.05, 4.69) is 27.2 Å². The molecule has 1 aliphatic rings. The summed E-state index contributed by atoms with van der Waals surface area (Å²) in [6, 6.07) is 5.24. The van der Waals surface area contributed by atoms with Crippen molar-refractivity contribution in [2.24, 2.45) is 5.11 Å². The molecule has 0 aromatic heterocycles. The molecule has 0 atom stereocenters. The Balaban J connectivity index is 2.20. The quantitative estimate of drug-likeness (QED) is 0.343. The van der Waals surface area contributed by atoms with Crippen LogP contribution in [0.25, 0.3) is 10.4 Å². The van der Waals surface area contributed by atoms with E-state index >= 15 is 0 Å². The molecular weight excluding hydrogens is 220 g/mol. The molecule has 0 fully saturated rings. The van der Waals surface area contributed by atoms with Crippen molar-refractivity contribution >= 4 is 11.6 Å². The van der Waals surface area contributed by atoms with Gasteiger partial charge in [0.15, 0.2) is 6.61 Å². The summed E-state index contributed by atoms with van der Waals surface area (Å²) in [6.07, 6.45) is 0. The van der Waals surface area contributed by atoms with Gasteiger partial charge in [0.1, 0.15) is 5.75 Å². The second kappa shape index (κ2) is 4.92. The number of carbonyl (C=O) groups is 1. The maximum atomic E-state index is 11.1. The highest BCUT2D eigenvalue weighted by Gasteiger charge is 2.15. The second-order valence-electron chi connectivity index (χ2n) is 3.24. The zero-order valence-corrected chi connectivity index (χ0v) is 8.80. The lowest BCUT2D eigenvalue weighted by atomic mass is 10.1. The van der Waals surface area contributed by atoms with Crippen LogP contribution in [0, 0.1) is 11.8 Å². The molecule has 6 nitrogen and oxygen atoms in total. The Labute approximate surface area is 97.2 Å². The van der Waals surface area contributed by atoms with Crippen molar-refractivity contribution in [2.75, 3.05) is 18.5 Å². The van der Waals surface area contributed by atoms with E-state index in [1.54, 1.807) is 18.2 Å². The lowest BCUT2D eigenvalue weighted by molar-refractivity contribution is -0.118. The van der Waals surface area contributed by atoms with E-state index < -0.39 is 0 Å². The lowest BCUT2D eigenvalue weighted by Crippen LogP contribution is -2.25. The molecule has 0 spiro atoms. The number of fused-ring (bicyclic) bond motifs is 1. The number of carbonyl (C=O) groups excluding carboxylic acids is 1. The minimum Gasteiger partial charge on any atom is -0.482 e. The molecule has 1 amide bonds. The zero-order valence-electron chi connectivity index (χ0n) is 8.80. The van der Waals surface area contributed by atoms with Gasteiger partial charge in [0.05, 0.1) is 12.2 Å². The maximum Gasteiger partial charge on any atom is 0.262 e. The van der Waals surface area contributed by atoms with Gasteiger partial charge in [0, 0.05) is 10.5 Å². The van der Waals surface area contributed by atoms with E-state index in [1.807, 2.05) is 0 Å². The molecule has 17 heavy (non-hydrogen) atoms. The van der Waals surface area contributed by atoms with Crippen molar-refractivity contribution in [1.29, 1.82) is 0 Å². The average molecular weight is 228 g/mol. The smallest absolute Gasteiger partial charge is 0.262 e. The Hall–Kier alpha value is -2.64. The van der Waals surface area contributed by atoms with Crippen LogP contribution < -0.4 is 10.1 Å². The van der Waals surface area contributed by atoms with E-state index in [-0.39, 0.29) is 19.1 Å². The number of hydrogen-bond acceptors (Lipinski definition) is 3. The number of hydrogen-bond donors (Lipinski definition) is 1. The summed E-state index contributed by atoms with van der Waals surface area (Å²) in [6.45, 7) is 0.158. The van der Waals surface area contributed by atoms with Crippen molar-refractivity contribution in [1.82, 2.24) is 0 Å². The fraction of sp³-hybridized carbons (Fsp3) is 0.182. The summed E-state index contributed by atoms with van der Waals surface area (Å²) < 4.78 is 5.21. The van der Waals surface area contributed by atoms with Gasteiger partial charge < -0.3 is 10.1 Å². The Morgan fingerprint density at radius 1 is 1.59 bits per heavy atom. The summed E-state index contributed by atoms with van der Waals surface area (Å²) >= 11 is 0. The Morgan fingerprint density at radius 3 is 3.29 bits per heavy atom. The molecule has 1 heterocycles. The van der Waals surface area contributed by atoms with Crippen LogP contribution >= 0.6 is 0 Å². The Morgan fingerprint density at radius 2 is 2.47 bits per heavy atom. The van der Waals surface area contributed by atoms with Crippen molar-refractivity contribution in [3.8, 4) is 17.6 Å². The molecule has 0 saturated carbocycles. The predicted octanol–water partition coefficient (Wildman–Crippen LogP) is 1.68. The first-order valence-electron chi connectivity index (χ1n) is 4.86. The second-order valence-corrected chi connectivity index (χ2v) is 3.24. The molecule has 1 N–H and O–H groups in total. The van der Waals surface area contributed by atoms with Crippen molar-refractivity contribution < 1.29 is 9.53 Å². The number of benzene rings is 1. The van der Waals surface area contributed by atoms with Gasteiger partial charge in [-0.3, -0.25) is 4.79 Å². The van der Waals surface area contributed by atoms with E-state index in [1.165, 1.54) is 0 Å². The number of ether oxygens (including phenoxy) is 1. The van der Waals surface area contributed by atoms with Crippen molar-refractivity contribution in [3.63, 3.8) is 0 Å². The highest BCUT2D eigenvalue weighted by atomic mass is 16.5. The number of azide groups is 1. The van der Waals surface area contributed by atoms with Crippen molar-refractivity contribution in [3.05, 3.63) is 34.2 Å². The first-order valence-corrected chi connectivity index (χ1v) is 4.86. The van der Waals surface area contributed by atoms with Crippen LogP contribution in [0.15, 0.2) is 23.3 Å². The van der Waals surface area contributed by atoms with E-state index in [4.69, 9.17) is 10.3 Å². The topological polar surface area (TPSA) is 87.1 Å². The third-order valence-corrected chi connectivity index (χ3v) is 2.06. The van der Waals surface area contributed by atoms with Crippen LogP contribution in [0.3, 0.4) is 0 Å². The van der Waals surface area contributed by atoms with Crippen LogP contribution in [-0.2, 0) is 4.79 Å². The summed E-state index contributed by atoms with van der Waals surface area (Å²) in [5.41, 5.74) is 9.41.